The van der Waals surface area contributed by atoms with Crippen LogP contribution in [-0.4, -0.2) is 25.2 Å². The zero-order chi connectivity index (χ0) is 15.2. The number of rotatable bonds is 5. The van der Waals surface area contributed by atoms with Gasteiger partial charge < -0.3 is 19.9 Å². The summed E-state index contributed by atoms with van der Waals surface area (Å²) >= 11 is 0. The van der Waals surface area contributed by atoms with Crippen LogP contribution in [0.2, 0.25) is 0 Å². The summed E-state index contributed by atoms with van der Waals surface area (Å²) in [6, 6.07) is 10.1. The summed E-state index contributed by atoms with van der Waals surface area (Å²) in [7, 11) is 2.85. The summed E-state index contributed by atoms with van der Waals surface area (Å²) in [5, 5.41) is 0. The fourth-order valence-corrected chi connectivity index (χ4v) is 1.74. The Morgan fingerprint density at radius 1 is 1.24 bits per heavy atom. The molecule has 0 unspecified atom stereocenters. The van der Waals surface area contributed by atoms with E-state index in [0.717, 1.165) is 0 Å². The largest absolute Gasteiger partial charge is 0.486 e. The highest BCUT2D eigenvalue weighted by Crippen LogP contribution is 2.23. The van der Waals surface area contributed by atoms with Crippen LogP contribution in [0.5, 0.6) is 11.6 Å². The van der Waals surface area contributed by atoms with Crippen molar-refractivity contribution in [1.29, 1.82) is 0 Å². The molecule has 1 aromatic heterocycles. The van der Waals surface area contributed by atoms with E-state index >= 15 is 0 Å². The Morgan fingerprint density at radius 2 is 2.05 bits per heavy atom. The molecule has 6 heteroatoms. The van der Waals surface area contributed by atoms with Crippen molar-refractivity contribution in [3.63, 3.8) is 0 Å². The Hall–Kier alpha value is -2.76. The fraction of sp³-hybridized carbons (Fsp3) is 0.200. The van der Waals surface area contributed by atoms with Gasteiger partial charge in [-0.25, -0.2) is 9.78 Å². The molecule has 2 aromatic rings. The Bertz CT molecular complexity index is 643. The van der Waals surface area contributed by atoms with Crippen molar-refractivity contribution in [1.82, 2.24) is 4.98 Å². The maximum atomic E-state index is 11.7. The normalized spacial score (nSPS) is 10.0. The van der Waals surface area contributed by atoms with Gasteiger partial charge in [-0.15, -0.1) is 0 Å². The third-order valence-corrected chi connectivity index (χ3v) is 2.78. The van der Waals surface area contributed by atoms with Gasteiger partial charge in [-0.1, -0.05) is 6.07 Å². The van der Waals surface area contributed by atoms with Gasteiger partial charge in [-0.2, -0.15) is 0 Å². The van der Waals surface area contributed by atoms with E-state index in [4.69, 9.17) is 19.9 Å². The van der Waals surface area contributed by atoms with Crippen molar-refractivity contribution in [2.24, 2.45) is 0 Å². The van der Waals surface area contributed by atoms with Gasteiger partial charge in [0.2, 0.25) is 5.88 Å². The molecule has 0 bridgehead atoms. The fourth-order valence-electron chi connectivity index (χ4n) is 1.74. The number of nitrogens with zero attached hydrogens (tertiary/aromatic N) is 1. The van der Waals surface area contributed by atoms with Crippen LogP contribution in [0.25, 0.3) is 0 Å². The molecule has 0 atom stereocenters. The van der Waals surface area contributed by atoms with Gasteiger partial charge in [0.25, 0.3) is 0 Å². The number of hydrogen-bond donors (Lipinski definition) is 1. The van der Waals surface area contributed by atoms with Gasteiger partial charge in [0.1, 0.15) is 17.9 Å². The predicted molar refractivity (Wildman–Crippen MR) is 77.3 cm³/mol. The number of carbonyl (C=O) groups excluding carboxylic acids is 1. The zero-order valence-corrected chi connectivity index (χ0v) is 11.8. The van der Waals surface area contributed by atoms with E-state index in [2.05, 4.69) is 4.98 Å². The number of benzene rings is 1. The molecule has 0 fully saturated rings. The van der Waals surface area contributed by atoms with Crippen LogP contribution in [0.15, 0.2) is 36.4 Å². The first-order valence-corrected chi connectivity index (χ1v) is 6.24. The van der Waals surface area contributed by atoms with Crippen molar-refractivity contribution in [3.05, 3.63) is 47.7 Å². The lowest BCUT2D eigenvalue weighted by molar-refractivity contribution is 0.0595. The van der Waals surface area contributed by atoms with Gasteiger partial charge in [-0.05, 0) is 18.2 Å². The quantitative estimate of drug-likeness (QED) is 0.669. The molecule has 0 spiro atoms. The van der Waals surface area contributed by atoms with Crippen LogP contribution in [-0.2, 0) is 11.3 Å². The number of nitrogens with two attached hydrogens (primary N) is 1. The van der Waals surface area contributed by atoms with Crippen molar-refractivity contribution < 1.29 is 19.0 Å². The molecule has 2 rings (SSSR count). The minimum atomic E-state index is -0.483. The van der Waals surface area contributed by atoms with Crippen LogP contribution in [0.1, 0.15) is 16.1 Å². The molecule has 1 aromatic carbocycles. The van der Waals surface area contributed by atoms with E-state index < -0.39 is 5.97 Å². The molecule has 0 amide bonds. The van der Waals surface area contributed by atoms with E-state index in [1.807, 2.05) is 6.07 Å². The van der Waals surface area contributed by atoms with Gasteiger partial charge in [0, 0.05) is 17.8 Å². The third-order valence-electron chi connectivity index (χ3n) is 2.78. The summed E-state index contributed by atoms with van der Waals surface area (Å²) in [5.74, 6) is 0.368. The van der Waals surface area contributed by atoms with Crippen LogP contribution in [0, 0.1) is 0 Å². The minimum Gasteiger partial charge on any atom is -0.486 e. The molecule has 0 saturated heterocycles. The summed E-state index contributed by atoms with van der Waals surface area (Å²) < 4.78 is 15.4. The van der Waals surface area contributed by atoms with E-state index in [0.29, 0.717) is 28.6 Å². The number of anilines is 1. The van der Waals surface area contributed by atoms with Crippen LogP contribution in [0.4, 0.5) is 5.69 Å². The highest BCUT2D eigenvalue weighted by atomic mass is 16.5. The van der Waals surface area contributed by atoms with Gasteiger partial charge in [0.05, 0.1) is 19.9 Å². The molecule has 0 aliphatic heterocycles. The third kappa shape index (κ3) is 3.62. The number of methoxy groups -OCH3 is 2. The van der Waals surface area contributed by atoms with E-state index in [9.17, 15) is 4.79 Å². The van der Waals surface area contributed by atoms with Gasteiger partial charge >= 0.3 is 5.97 Å². The lowest BCUT2D eigenvalue weighted by Crippen LogP contribution is -2.07. The summed E-state index contributed by atoms with van der Waals surface area (Å²) in [4.78, 5) is 15.9. The number of esters is 1. The second kappa shape index (κ2) is 6.60. The first-order valence-electron chi connectivity index (χ1n) is 6.24. The second-order valence-electron chi connectivity index (χ2n) is 4.21. The average Bonchev–Trinajstić information content (AvgIpc) is 2.52. The summed E-state index contributed by atoms with van der Waals surface area (Å²) in [5.41, 5.74) is 7.20. The lowest BCUT2D eigenvalue weighted by atomic mass is 10.2. The van der Waals surface area contributed by atoms with Crippen LogP contribution < -0.4 is 15.2 Å². The van der Waals surface area contributed by atoms with Gasteiger partial charge in [0.15, 0.2) is 0 Å². The topological polar surface area (TPSA) is 83.7 Å². The molecule has 0 radical (unpaired) electrons. The molecule has 110 valence electrons. The first-order chi connectivity index (χ1) is 10.1. The zero-order valence-electron chi connectivity index (χ0n) is 11.8. The Labute approximate surface area is 122 Å². The first kappa shape index (κ1) is 14.6. The number of pyridine rings is 1. The van der Waals surface area contributed by atoms with Crippen molar-refractivity contribution in [2.75, 3.05) is 20.0 Å². The lowest BCUT2D eigenvalue weighted by Gasteiger charge is -2.11. The molecule has 0 aliphatic rings. The number of nitrogen functional groups attached to an aromatic ring is 1. The van der Waals surface area contributed by atoms with E-state index in [-0.39, 0.29) is 6.61 Å². The minimum absolute atomic E-state index is 0.185. The number of ether oxygens (including phenoxy) is 3. The smallest absolute Gasteiger partial charge is 0.341 e. The second-order valence-corrected chi connectivity index (χ2v) is 4.21. The SMILES string of the molecule is COC(=O)c1ccc(N)cc1OCc1cccc(OC)n1. The summed E-state index contributed by atoms with van der Waals surface area (Å²) in [6.45, 7) is 0.185. The molecule has 0 saturated carbocycles. The van der Waals surface area contributed by atoms with Crippen molar-refractivity contribution >= 4 is 11.7 Å². The molecule has 21 heavy (non-hydrogen) atoms. The maximum absolute atomic E-state index is 11.7. The number of carbonyl (C=O) groups is 1. The predicted octanol–water partition coefficient (Wildman–Crippen LogP) is 2.04. The Balaban J connectivity index is 2.18. The Morgan fingerprint density at radius 3 is 2.76 bits per heavy atom. The van der Waals surface area contributed by atoms with Gasteiger partial charge in [-0.3, -0.25) is 0 Å². The average molecular weight is 288 g/mol. The highest BCUT2D eigenvalue weighted by Gasteiger charge is 2.13. The highest BCUT2D eigenvalue weighted by molar-refractivity contribution is 5.93. The van der Waals surface area contributed by atoms with E-state index in [1.54, 1.807) is 37.4 Å². The Kier molecular flexibility index (Phi) is 4.61. The van der Waals surface area contributed by atoms with E-state index in [1.165, 1.54) is 7.11 Å². The molecule has 6 nitrogen and oxygen atoms in total. The van der Waals surface area contributed by atoms with Crippen LogP contribution >= 0.6 is 0 Å². The summed E-state index contributed by atoms with van der Waals surface area (Å²) in [6.07, 6.45) is 0. The molecule has 0 aliphatic carbocycles. The van der Waals surface area contributed by atoms with Crippen LogP contribution in [0.3, 0.4) is 0 Å². The molecular formula is C15H16N2O4. The molecule has 2 N–H and O–H groups in total. The number of hydrogen-bond acceptors (Lipinski definition) is 6. The standard InChI is InChI=1S/C15H16N2O4/c1-19-14-5-3-4-11(17-14)9-21-13-8-10(16)6-7-12(13)15(18)20-2/h3-8H,9,16H2,1-2H3. The molecular weight excluding hydrogens is 272 g/mol. The number of aromatic nitrogens is 1. The molecule has 1 heterocycles. The monoisotopic (exact) mass is 288 g/mol. The van der Waals surface area contributed by atoms with Crippen molar-refractivity contribution in [3.8, 4) is 11.6 Å². The maximum Gasteiger partial charge on any atom is 0.341 e. The van der Waals surface area contributed by atoms with Crippen molar-refractivity contribution in [2.45, 2.75) is 6.61 Å².